The Balaban J connectivity index is 2.94. The lowest BCUT2D eigenvalue weighted by Gasteiger charge is -2.07. The van der Waals surface area contributed by atoms with E-state index in [1.165, 1.54) is 0 Å². The third-order valence-corrected chi connectivity index (χ3v) is 2.15. The van der Waals surface area contributed by atoms with Gasteiger partial charge in [-0.1, -0.05) is 19.4 Å². The van der Waals surface area contributed by atoms with Gasteiger partial charge in [0.25, 0.3) is 0 Å². The fourth-order valence-corrected chi connectivity index (χ4v) is 1.43. The fraction of sp³-hybridized carbons (Fsp3) is 0.417. The highest BCUT2D eigenvalue weighted by Gasteiger charge is 2.10. The molecular weight excluding hydrogens is 190 g/mol. The summed E-state index contributed by atoms with van der Waals surface area (Å²) in [6.45, 7) is 4.25. The Morgan fingerprint density at radius 3 is 2.73 bits per heavy atom. The minimum absolute atomic E-state index is 0.340. The maximum absolute atomic E-state index is 11.5. The van der Waals surface area contributed by atoms with Gasteiger partial charge in [-0.25, -0.2) is 4.79 Å². The van der Waals surface area contributed by atoms with Crippen molar-refractivity contribution in [3.63, 3.8) is 0 Å². The third-order valence-electron chi connectivity index (χ3n) is 2.15. The third kappa shape index (κ3) is 2.98. The molecule has 0 unspecified atom stereocenters. The SMILES string of the molecule is CCCc1ccc(N)c(C(=O)OCC)c1. The van der Waals surface area contributed by atoms with E-state index in [9.17, 15) is 4.79 Å². The molecule has 3 heteroatoms. The number of aryl methyl sites for hydroxylation is 1. The Hall–Kier alpha value is -1.51. The zero-order valence-electron chi connectivity index (χ0n) is 9.25. The van der Waals surface area contributed by atoms with Crippen molar-refractivity contribution in [2.24, 2.45) is 0 Å². The molecule has 0 fully saturated rings. The van der Waals surface area contributed by atoms with Crippen LogP contribution in [0.4, 0.5) is 5.69 Å². The number of benzene rings is 1. The standard InChI is InChI=1S/C12H17NO2/c1-3-5-9-6-7-11(13)10(8-9)12(14)15-4-2/h6-8H,3-5,13H2,1-2H3. The lowest BCUT2D eigenvalue weighted by Crippen LogP contribution is -2.08. The topological polar surface area (TPSA) is 52.3 Å². The predicted molar refractivity (Wildman–Crippen MR) is 60.8 cm³/mol. The molecule has 0 bridgehead atoms. The molecule has 0 amide bonds. The van der Waals surface area contributed by atoms with E-state index in [0.29, 0.717) is 17.9 Å². The van der Waals surface area contributed by atoms with Crippen LogP contribution in [0.15, 0.2) is 18.2 Å². The van der Waals surface area contributed by atoms with Gasteiger partial charge in [-0.3, -0.25) is 0 Å². The number of hydrogen-bond donors (Lipinski definition) is 1. The minimum atomic E-state index is -0.340. The molecule has 0 heterocycles. The number of nitrogen functional groups attached to an aromatic ring is 1. The van der Waals surface area contributed by atoms with Gasteiger partial charge in [0.15, 0.2) is 0 Å². The van der Waals surface area contributed by atoms with Crippen LogP contribution in [0.3, 0.4) is 0 Å². The van der Waals surface area contributed by atoms with Crippen LogP contribution in [0.2, 0.25) is 0 Å². The van der Waals surface area contributed by atoms with E-state index in [1.54, 1.807) is 13.0 Å². The highest BCUT2D eigenvalue weighted by Crippen LogP contribution is 2.16. The van der Waals surface area contributed by atoms with Crippen molar-refractivity contribution in [2.45, 2.75) is 26.7 Å². The Kier molecular flexibility index (Phi) is 4.16. The Morgan fingerprint density at radius 2 is 2.13 bits per heavy atom. The summed E-state index contributed by atoms with van der Waals surface area (Å²) in [5.74, 6) is -0.340. The number of hydrogen-bond acceptors (Lipinski definition) is 3. The number of nitrogens with two attached hydrogens (primary N) is 1. The molecular formula is C12H17NO2. The molecule has 0 radical (unpaired) electrons. The molecule has 0 saturated carbocycles. The number of carbonyl (C=O) groups excluding carboxylic acids is 1. The van der Waals surface area contributed by atoms with E-state index < -0.39 is 0 Å². The normalized spacial score (nSPS) is 10.0. The van der Waals surface area contributed by atoms with Crippen LogP contribution < -0.4 is 5.73 Å². The van der Waals surface area contributed by atoms with Gasteiger partial charge in [-0.05, 0) is 31.0 Å². The lowest BCUT2D eigenvalue weighted by atomic mass is 10.1. The van der Waals surface area contributed by atoms with Gasteiger partial charge in [-0.15, -0.1) is 0 Å². The average molecular weight is 207 g/mol. The summed E-state index contributed by atoms with van der Waals surface area (Å²) in [5.41, 5.74) is 7.79. The van der Waals surface area contributed by atoms with Crippen molar-refractivity contribution in [1.82, 2.24) is 0 Å². The van der Waals surface area contributed by atoms with Gasteiger partial charge < -0.3 is 10.5 Å². The molecule has 1 rings (SSSR count). The Bertz CT molecular complexity index is 347. The van der Waals surface area contributed by atoms with Crippen molar-refractivity contribution in [1.29, 1.82) is 0 Å². The predicted octanol–water partition coefficient (Wildman–Crippen LogP) is 2.40. The van der Waals surface area contributed by atoms with Crippen molar-refractivity contribution in [2.75, 3.05) is 12.3 Å². The van der Waals surface area contributed by atoms with E-state index in [1.807, 2.05) is 12.1 Å². The number of ether oxygens (including phenoxy) is 1. The molecule has 0 aliphatic heterocycles. The summed E-state index contributed by atoms with van der Waals surface area (Å²) in [5, 5.41) is 0. The molecule has 0 atom stereocenters. The molecule has 2 N–H and O–H groups in total. The van der Waals surface area contributed by atoms with Gasteiger partial charge in [0, 0.05) is 5.69 Å². The monoisotopic (exact) mass is 207 g/mol. The summed E-state index contributed by atoms with van der Waals surface area (Å²) in [7, 11) is 0. The second kappa shape index (κ2) is 5.39. The zero-order chi connectivity index (χ0) is 11.3. The lowest BCUT2D eigenvalue weighted by molar-refractivity contribution is 0.0527. The molecule has 1 aromatic rings. The van der Waals surface area contributed by atoms with Crippen LogP contribution in [-0.2, 0) is 11.2 Å². The smallest absolute Gasteiger partial charge is 0.340 e. The first-order chi connectivity index (χ1) is 7.19. The number of carbonyl (C=O) groups is 1. The van der Waals surface area contributed by atoms with Gasteiger partial charge in [0.2, 0.25) is 0 Å². The first kappa shape index (κ1) is 11.6. The molecule has 0 saturated heterocycles. The van der Waals surface area contributed by atoms with Crippen molar-refractivity contribution in [3.8, 4) is 0 Å². The first-order valence-electron chi connectivity index (χ1n) is 5.24. The van der Waals surface area contributed by atoms with Crippen LogP contribution in [0.1, 0.15) is 36.2 Å². The van der Waals surface area contributed by atoms with Crippen LogP contribution in [-0.4, -0.2) is 12.6 Å². The molecule has 82 valence electrons. The van der Waals surface area contributed by atoms with Gasteiger partial charge >= 0.3 is 5.97 Å². The van der Waals surface area contributed by atoms with E-state index in [4.69, 9.17) is 10.5 Å². The number of esters is 1. The van der Waals surface area contributed by atoms with Crippen molar-refractivity contribution >= 4 is 11.7 Å². The zero-order valence-corrected chi connectivity index (χ0v) is 9.25. The second-order valence-electron chi connectivity index (χ2n) is 3.39. The van der Waals surface area contributed by atoms with Gasteiger partial charge in [0.1, 0.15) is 0 Å². The largest absolute Gasteiger partial charge is 0.462 e. The molecule has 0 aliphatic carbocycles. The molecule has 1 aromatic carbocycles. The van der Waals surface area contributed by atoms with Crippen molar-refractivity contribution < 1.29 is 9.53 Å². The van der Waals surface area contributed by atoms with Crippen LogP contribution >= 0.6 is 0 Å². The molecule has 0 spiro atoms. The molecule has 3 nitrogen and oxygen atoms in total. The summed E-state index contributed by atoms with van der Waals surface area (Å²) >= 11 is 0. The second-order valence-corrected chi connectivity index (χ2v) is 3.39. The van der Waals surface area contributed by atoms with Crippen LogP contribution in [0.5, 0.6) is 0 Å². The number of rotatable bonds is 4. The van der Waals surface area contributed by atoms with E-state index in [0.717, 1.165) is 18.4 Å². The van der Waals surface area contributed by atoms with Gasteiger partial charge in [0.05, 0.1) is 12.2 Å². The number of anilines is 1. The maximum atomic E-state index is 11.5. The van der Waals surface area contributed by atoms with Crippen LogP contribution in [0, 0.1) is 0 Å². The van der Waals surface area contributed by atoms with Gasteiger partial charge in [-0.2, -0.15) is 0 Å². The summed E-state index contributed by atoms with van der Waals surface area (Å²) in [4.78, 5) is 11.5. The summed E-state index contributed by atoms with van der Waals surface area (Å²) in [6, 6.07) is 5.52. The Morgan fingerprint density at radius 1 is 1.40 bits per heavy atom. The quantitative estimate of drug-likeness (QED) is 0.609. The van der Waals surface area contributed by atoms with Crippen LogP contribution in [0.25, 0.3) is 0 Å². The molecule has 0 aromatic heterocycles. The summed E-state index contributed by atoms with van der Waals surface area (Å²) in [6.07, 6.45) is 2.00. The fourth-order valence-electron chi connectivity index (χ4n) is 1.43. The molecule has 15 heavy (non-hydrogen) atoms. The van der Waals surface area contributed by atoms with Crippen molar-refractivity contribution in [3.05, 3.63) is 29.3 Å². The highest BCUT2D eigenvalue weighted by molar-refractivity contribution is 5.95. The van der Waals surface area contributed by atoms with E-state index >= 15 is 0 Å². The maximum Gasteiger partial charge on any atom is 0.340 e. The Labute approximate surface area is 90.2 Å². The minimum Gasteiger partial charge on any atom is -0.462 e. The van der Waals surface area contributed by atoms with E-state index in [-0.39, 0.29) is 5.97 Å². The summed E-state index contributed by atoms with van der Waals surface area (Å²) < 4.78 is 4.92. The highest BCUT2D eigenvalue weighted by atomic mass is 16.5. The average Bonchev–Trinajstić information content (AvgIpc) is 2.21. The molecule has 0 aliphatic rings. The van der Waals surface area contributed by atoms with E-state index in [2.05, 4.69) is 6.92 Å². The first-order valence-corrected chi connectivity index (χ1v) is 5.24.